The fourth-order valence-corrected chi connectivity index (χ4v) is 2.61. The molecule has 6 nitrogen and oxygen atoms in total. The van der Waals surface area contributed by atoms with Gasteiger partial charge in [-0.15, -0.1) is 0 Å². The lowest BCUT2D eigenvalue weighted by molar-refractivity contribution is 0.140. The smallest absolute Gasteiger partial charge is 0.267 e. The van der Waals surface area contributed by atoms with Crippen LogP contribution in [0, 0.1) is 0 Å². The summed E-state index contributed by atoms with van der Waals surface area (Å²) >= 11 is 0. The van der Waals surface area contributed by atoms with Gasteiger partial charge in [0, 0.05) is 6.42 Å². The third kappa shape index (κ3) is 7.69. The quantitative estimate of drug-likeness (QED) is 0.616. The zero-order valence-corrected chi connectivity index (χ0v) is 12.2. The fraction of sp³-hybridized carbons (Fsp3) is 1.00. The molecule has 0 rings (SSSR count). The van der Waals surface area contributed by atoms with Crippen LogP contribution in [0.1, 0.15) is 34.1 Å². The van der Waals surface area contributed by atoms with Crippen molar-refractivity contribution in [3.05, 3.63) is 0 Å². The highest BCUT2D eigenvalue weighted by molar-refractivity contribution is 7.86. The van der Waals surface area contributed by atoms with E-state index in [2.05, 4.69) is 0 Å². The summed E-state index contributed by atoms with van der Waals surface area (Å²) in [4.78, 5) is 0. The van der Waals surface area contributed by atoms with E-state index in [1.807, 2.05) is 0 Å². The van der Waals surface area contributed by atoms with Gasteiger partial charge in [-0.2, -0.15) is 16.8 Å². The van der Waals surface area contributed by atoms with Crippen molar-refractivity contribution in [2.24, 2.45) is 0 Å². The second kappa shape index (κ2) is 6.67. The van der Waals surface area contributed by atoms with E-state index in [1.165, 1.54) is 13.8 Å². The van der Waals surface area contributed by atoms with E-state index in [9.17, 15) is 16.8 Å². The van der Waals surface area contributed by atoms with Gasteiger partial charge in [0.15, 0.2) is 0 Å². The van der Waals surface area contributed by atoms with Crippen LogP contribution >= 0.6 is 0 Å². The summed E-state index contributed by atoms with van der Waals surface area (Å²) in [6.45, 7) is 6.07. The largest absolute Gasteiger partial charge is 0.267 e. The molecular formula is C9H20O6S2. The minimum atomic E-state index is -3.52. The van der Waals surface area contributed by atoms with E-state index in [1.54, 1.807) is 13.8 Å². The highest BCUT2D eigenvalue weighted by Crippen LogP contribution is 2.11. The van der Waals surface area contributed by atoms with Crippen molar-refractivity contribution in [3.63, 3.8) is 0 Å². The van der Waals surface area contributed by atoms with Crippen molar-refractivity contribution in [2.75, 3.05) is 11.5 Å². The minimum absolute atomic E-state index is 0.111. The van der Waals surface area contributed by atoms with Gasteiger partial charge in [0.25, 0.3) is 20.2 Å². The maximum absolute atomic E-state index is 11.2. The SMILES string of the molecule is CCS(=O)(=O)OC(C)CC(C)OS(=O)(=O)CC. The lowest BCUT2D eigenvalue weighted by atomic mass is 10.2. The maximum Gasteiger partial charge on any atom is 0.267 e. The first-order valence-corrected chi connectivity index (χ1v) is 8.59. The Bertz CT molecular complexity index is 371. The van der Waals surface area contributed by atoms with E-state index < -0.39 is 32.4 Å². The Labute approximate surface area is 104 Å². The molecule has 0 aliphatic rings. The third-order valence-electron chi connectivity index (χ3n) is 1.99. The molecule has 0 aromatic heterocycles. The Morgan fingerprint density at radius 3 is 1.35 bits per heavy atom. The van der Waals surface area contributed by atoms with Crippen LogP contribution in [-0.4, -0.2) is 40.5 Å². The van der Waals surface area contributed by atoms with Crippen molar-refractivity contribution in [1.82, 2.24) is 0 Å². The van der Waals surface area contributed by atoms with Crippen LogP contribution in [0.5, 0.6) is 0 Å². The molecule has 0 N–H and O–H groups in total. The first kappa shape index (κ1) is 16.8. The highest BCUT2D eigenvalue weighted by Gasteiger charge is 2.20. The van der Waals surface area contributed by atoms with E-state index in [4.69, 9.17) is 8.37 Å². The van der Waals surface area contributed by atoms with Crippen molar-refractivity contribution in [1.29, 1.82) is 0 Å². The van der Waals surface area contributed by atoms with E-state index in [0.29, 0.717) is 0 Å². The molecule has 0 aliphatic carbocycles. The molecule has 0 saturated carbocycles. The monoisotopic (exact) mass is 288 g/mol. The predicted octanol–water partition coefficient (Wildman–Crippen LogP) is 0.886. The zero-order chi connectivity index (χ0) is 13.7. The van der Waals surface area contributed by atoms with Crippen LogP contribution in [-0.2, 0) is 28.6 Å². The number of rotatable bonds is 8. The molecule has 2 atom stereocenters. The Kier molecular flexibility index (Phi) is 6.60. The Balaban J connectivity index is 4.27. The lowest BCUT2D eigenvalue weighted by Crippen LogP contribution is -2.24. The molecule has 0 aromatic carbocycles. The van der Waals surface area contributed by atoms with Gasteiger partial charge < -0.3 is 0 Å². The first-order chi connectivity index (χ1) is 7.62. The number of hydrogen-bond donors (Lipinski definition) is 0. The summed E-state index contributed by atoms with van der Waals surface area (Å²) in [5.74, 6) is -0.223. The zero-order valence-electron chi connectivity index (χ0n) is 10.5. The van der Waals surface area contributed by atoms with Gasteiger partial charge in [-0.1, -0.05) is 0 Å². The molecule has 2 unspecified atom stereocenters. The molecule has 0 saturated heterocycles. The van der Waals surface area contributed by atoms with Crippen LogP contribution in [0.4, 0.5) is 0 Å². The number of hydrogen-bond acceptors (Lipinski definition) is 6. The lowest BCUT2D eigenvalue weighted by Gasteiger charge is -2.17. The van der Waals surface area contributed by atoms with Crippen molar-refractivity contribution < 1.29 is 25.2 Å². The van der Waals surface area contributed by atoms with Gasteiger partial charge in [0.1, 0.15) is 0 Å². The molecule has 0 fully saturated rings. The Morgan fingerprint density at radius 2 is 1.12 bits per heavy atom. The molecule has 17 heavy (non-hydrogen) atoms. The van der Waals surface area contributed by atoms with Gasteiger partial charge in [-0.05, 0) is 27.7 Å². The van der Waals surface area contributed by atoms with Crippen LogP contribution < -0.4 is 0 Å². The molecule has 8 heteroatoms. The van der Waals surface area contributed by atoms with Gasteiger partial charge in [-0.3, -0.25) is 8.37 Å². The van der Waals surface area contributed by atoms with Crippen molar-refractivity contribution in [3.8, 4) is 0 Å². The van der Waals surface area contributed by atoms with Crippen LogP contribution in [0.15, 0.2) is 0 Å². The molecule has 0 heterocycles. The molecule has 0 spiro atoms. The van der Waals surface area contributed by atoms with Crippen molar-refractivity contribution >= 4 is 20.2 Å². The van der Waals surface area contributed by atoms with Crippen LogP contribution in [0.3, 0.4) is 0 Å². The van der Waals surface area contributed by atoms with Crippen LogP contribution in [0.2, 0.25) is 0 Å². The summed E-state index contributed by atoms with van der Waals surface area (Å²) in [6.07, 6.45) is -1.03. The molecule has 0 aromatic rings. The summed E-state index contributed by atoms with van der Waals surface area (Å²) < 4.78 is 54.2. The topological polar surface area (TPSA) is 86.7 Å². The highest BCUT2D eigenvalue weighted by atomic mass is 32.2. The second-order valence-electron chi connectivity index (χ2n) is 3.74. The summed E-state index contributed by atoms with van der Waals surface area (Å²) in [5, 5.41) is 0. The second-order valence-corrected chi connectivity index (χ2v) is 7.51. The molecule has 0 bridgehead atoms. The Hall–Kier alpha value is -0.180. The van der Waals surface area contributed by atoms with Crippen LogP contribution in [0.25, 0.3) is 0 Å². The van der Waals surface area contributed by atoms with E-state index in [-0.39, 0.29) is 17.9 Å². The minimum Gasteiger partial charge on any atom is -0.267 e. The fourth-order valence-electron chi connectivity index (χ4n) is 1.18. The summed E-state index contributed by atoms with van der Waals surface area (Å²) in [5.41, 5.74) is 0. The van der Waals surface area contributed by atoms with Gasteiger partial charge in [0.2, 0.25) is 0 Å². The average Bonchev–Trinajstić information content (AvgIpc) is 2.15. The van der Waals surface area contributed by atoms with Crippen molar-refractivity contribution in [2.45, 2.75) is 46.3 Å². The van der Waals surface area contributed by atoms with Gasteiger partial charge >= 0.3 is 0 Å². The maximum atomic E-state index is 11.2. The van der Waals surface area contributed by atoms with Gasteiger partial charge in [0.05, 0.1) is 23.7 Å². The molecule has 0 aliphatic heterocycles. The standard InChI is InChI=1S/C9H20O6S2/c1-5-16(10,11)14-8(3)7-9(4)15-17(12,13)6-2/h8-9H,5-7H2,1-4H3. The summed E-state index contributed by atoms with van der Waals surface area (Å²) in [6, 6.07) is 0. The molecule has 0 radical (unpaired) electrons. The third-order valence-corrected chi connectivity index (χ3v) is 4.65. The molecule has 104 valence electrons. The molecular weight excluding hydrogens is 268 g/mol. The van der Waals surface area contributed by atoms with E-state index in [0.717, 1.165) is 0 Å². The predicted molar refractivity (Wildman–Crippen MR) is 64.6 cm³/mol. The van der Waals surface area contributed by atoms with Gasteiger partial charge in [-0.25, -0.2) is 0 Å². The normalized spacial score (nSPS) is 16.7. The Morgan fingerprint density at radius 1 is 0.824 bits per heavy atom. The summed E-state index contributed by atoms with van der Waals surface area (Å²) in [7, 11) is -7.04. The molecule has 0 amide bonds. The first-order valence-electron chi connectivity index (χ1n) is 5.43. The average molecular weight is 288 g/mol. The van der Waals surface area contributed by atoms with E-state index >= 15 is 0 Å².